The SMILES string of the molecule is COc1cc(OC)cc(N(Cc2ccc(F)cc2)S(=O)(=O)c2ccccc2F)c1. The highest BCUT2D eigenvalue weighted by Gasteiger charge is 2.29. The van der Waals surface area contributed by atoms with Crippen LogP contribution in [0.15, 0.2) is 71.6 Å². The zero-order chi connectivity index (χ0) is 21.0. The quantitative estimate of drug-likeness (QED) is 0.570. The van der Waals surface area contributed by atoms with Gasteiger partial charge in [-0.05, 0) is 29.8 Å². The smallest absolute Gasteiger partial charge is 0.267 e. The van der Waals surface area contributed by atoms with Gasteiger partial charge in [0.05, 0.1) is 26.5 Å². The number of halogens is 2. The second-order valence-electron chi connectivity index (χ2n) is 6.14. The normalized spacial score (nSPS) is 11.2. The molecule has 0 N–H and O–H groups in total. The van der Waals surface area contributed by atoms with Crippen molar-refractivity contribution in [1.82, 2.24) is 0 Å². The summed E-state index contributed by atoms with van der Waals surface area (Å²) in [5, 5.41) is 0. The van der Waals surface area contributed by atoms with Gasteiger partial charge in [0.2, 0.25) is 0 Å². The molecule has 3 aromatic rings. The molecule has 0 bridgehead atoms. The molecule has 8 heteroatoms. The Morgan fingerprint density at radius 1 is 0.862 bits per heavy atom. The Balaban J connectivity index is 2.16. The van der Waals surface area contributed by atoms with E-state index in [1.807, 2.05) is 0 Å². The number of nitrogens with zero attached hydrogens (tertiary/aromatic N) is 1. The van der Waals surface area contributed by atoms with E-state index in [0.29, 0.717) is 17.1 Å². The summed E-state index contributed by atoms with van der Waals surface area (Å²) in [6, 6.07) is 15.1. The lowest BCUT2D eigenvalue weighted by Crippen LogP contribution is -2.31. The molecule has 152 valence electrons. The predicted molar refractivity (Wildman–Crippen MR) is 106 cm³/mol. The molecule has 0 aliphatic heterocycles. The molecule has 0 spiro atoms. The minimum atomic E-state index is -4.29. The molecule has 0 aliphatic carbocycles. The lowest BCUT2D eigenvalue weighted by Gasteiger charge is -2.26. The first-order valence-electron chi connectivity index (χ1n) is 8.60. The van der Waals surface area contributed by atoms with Crippen LogP contribution in [0, 0.1) is 11.6 Å². The molecule has 3 rings (SSSR count). The second-order valence-corrected chi connectivity index (χ2v) is 7.97. The molecule has 0 saturated heterocycles. The largest absolute Gasteiger partial charge is 0.497 e. The van der Waals surface area contributed by atoms with Crippen LogP contribution in [-0.4, -0.2) is 22.6 Å². The summed E-state index contributed by atoms with van der Waals surface area (Å²) in [4.78, 5) is -0.469. The summed E-state index contributed by atoms with van der Waals surface area (Å²) in [6.45, 7) is -0.146. The Hall–Kier alpha value is -3.13. The lowest BCUT2D eigenvalue weighted by atomic mass is 10.2. The summed E-state index contributed by atoms with van der Waals surface area (Å²) in [7, 11) is -1.41. The first-order valence-corrected chi connectivity index (χ1v) is 10.0. The van der Waals surface area contributed by atoms with Crippen molar-refractivity contribution in [3.8, 4) is 11.5 Å². The van der Waals surface area contributed by atoms with Crippen molar-refractivity contribution in [2.75, 3.05) is 18.5 Å². The van der Waals surface area contributed by atoms with Gasteiger partial charge in [-0.1, -0.05) is 24.3 Å². The topological polar surface area (TPSA) is 55.8 Å². The molecular weight excluding hydrogens is 400 g/mol. The molecule has 0 unspecified atom stereocenters. The predicted octanol–water partition coefficient (Wildman–Crippen LogP) is 4.38. The lowest BCUT2D eigenvalue weighted by molar-refractivity contribution is 0.394. The third-order valence-electron chi connectivity index (χ3n) is 4.27. The maximum atomic E-state index is 14.3. The van der Waals surface area contributed by atoms with Crippen LogP contribution in [0.25, 0.3) is 0 Å². The molecule has 0 fully saturated rings. The average molecular weight is 419 g/mol. The molecule has 0 aliphatic rings. The van der Waals surface area contributed by atoms with Gasteiger partial charge in [0.1, 0.15) is 28.0 Å². The minimum absolute atomic E-state index is 0.146. The summed E-state index contributed by atoms with van der Waals surface area (Å²) in [5.41, 5.74) is 0.738. The van der Waals surface area contributed by atoms with E-state index >= 15 is 0 Å². The molecule has 0 atom stereocenters. The van der Waals surface area contributed by atoms with Gasteiger partial charge < -0.3 is 9.47 Å². The fourth-order valence-electron chi connectivity index (χ4n) is 2.78. The monoisotopic (exact) mass is 419 g/mol. The average Bonchev–Trinajstić information content (AvgIpc) is 2.72. The van der Waals surface area contributed by atoms with Gasteiger partial charge in [0.15, 0.2) is 0 Å². The van der Waals surface area contributed by atoms with Gasteiger partial charge in [-0.2, -0.15) is 0 Å². The fourth-order valence-corrected chi connectivity index (χ4v) is 4.28. The summed E-state index contributed by atoms with van der Waals surface area (Å²) in [5.74, 6) is -0.578. The van der Waals surface area contributed by atoms with Crippen molar-refractivity contribution >= 4 is 15.7 Å². The Morgan fingerprint density at radius 2 is 1.45 bits per heavy atom. The van der Waals surface area contributed by atoms with Crippen molar-refractivity contribution in [3.63, 3.8) is 0 Å². The molecule has 29 heavy (non-hydrogen) atoms. The molecule has 0 saturated carbocycles. The van der Waals surface area contributed by atoms with Crippen LogP contribution < -0.4 is 13.8 Å². The molecule has 3 aromatic carbocycles. The molecule has 0 aromatic heterocycles. The molecular formula is C21H19F2NO4S. The van der Waals surface area contributed by atoms with E-state index in [1.165, 1.54) is 68.8 Å². The van der Waals surface area contributed by atoms with Gasteiger partial charge in [0, 0.05) is 18.2 Å². The highest BCUT2D eigenvalue weighted by Crippen LogP contribution is 2.33. The van der Waals surface area contributed by atoms with Crippen molar-refractivity contribution in [1.29, 1.82) is 0 Å². The third kappa shape index (κ3) is 4.48. The minimum Gasteiger partial charge on any atom is -0.497 e. The van der Waals surface area contributed by atoms with Crippen LogP contribution in [0.5, 0.6) is 11.5 Å². The number of benzene rings is 3. The van der Waals surface area contributed by atoms with Crippen molar-refractivity contribution < 1.29 is 26.7 Å². The number of anilines is 1. The number of methoxy groups -OCH3 is 2. The van der Waals surface area contributed by atoms with Crippen molar-refractivity contribution in [3.05, 3.63) is 83.9 Å². The molecule has 0 radical (unpaired) electrons. The van der Waals surface area contributed by atoms with E-state index in [0.717, 1.165) is 10.4 Å². The first-order chi connectivity index (χ1) is 13.8. The molecule has 0 amide bonds. The first kappa shape index (κ1) is 20.6. The zero-order valence-corrected chi connectivity index (χ0v) is 16.6. The number of rotatable bonds is 7. The van der Waals surface area contributed by atoms with Crippen molar-refractivity contribution in [2.24, 2.45) is 0 Å². The fraction of sp³-hybridized carbons (Fsp3) is 0.143. The van der Waals surface area contributed by atoms with Crippen LogP contribution in [0.4, 0.5) is 14.5 Å². The Morgan fingerprint density at radius 3 is 2.00 bits per heavy atom. The third-order valence-corrected chi connectivity index (χ3v) is 6.08. The van der Waals surface area contributed by atoms with Gasteiger partial charge in [-0.15, -0.1) is 0 Å². The Kier molecular flexibility index (Phi) is 6.03. The van der Waals surface area contributed by atoms with E-state index in [1.54, 1.807) is 6.07 Å². The van der Waals surface area contributed by atoms with E-state index in [4.69, 9.17) is 9.47 Å². The van der Waals surface area contributed by atoms with E-state index in [2.05, 4.69) is 0 Å². The number of hydrogen-bond donors (Lipinski definition) is 0. The van der Waals surface area contributed by atoms with E-state index in [-0.39, 0.29) is 12.2 Å². The standard InChI is InChI=1S/C21H19F2NO4S/c1-27-18-11-17(12-19(13-18)28-2)24(14-15-7-9-16(22)10-8-15)29(25,26)21-6-4-3-5-20(21)23/h3-13H,14H2,1-2H3. The number of sulfonamides is 1. The zero-order valence-electron chi connectivity index (χ0n) is 15.8. The van der Waals surface area contributed by atoms with Crippen LogP contribution in [0.1, 0.15) is 5.56 Å². The van der Waals surface area contributed by atoms with Crippen LogP contribution in [0.2, 0.25) is 0 Å². The summed E-state index contributed by atoms with van der Waals surface area (Å²) < 4.78 is 65.8. The summed E-state index contributed by atoms with van der Waals surface area (Å²) in [6.07, 6.45) is 0. The second kappa shape index (κ2) is 8.48. The molecule has 5 nitrogen and oxygen atoms in total. The maximum Gasteiger partial charge on any atom is 0.267 e. The highest BCUT2D eigenvalue weighted by atomic mass is 32.2. The van der Waals surface area contributed by atoms with Crippen LogP contribution >= 0.6 is 0 Å². The maximum absolute atomic E-state index is 14.3. The summed E-state index contributed by atoms with van der Waals surface area (Å²) >= 11 is 0. The van der Waals surface area contributed by atoms with E-state index < -0.39 is 26.6 Å². The number of hydrogen-bond acceptors (Lipinski definition) is 4. The highest BCUT2D eigenvalue weighted by molar-refractivity contribution is 7.92. The van der Waals surface area contributed by atoms with Crippen LogP contribution in [-0.2, 0) is 16.6 Å². The van der Waals surface area contributed by atoms with E-state index in [9.17, 15) is 17.2 Å². The Labute approximate surface area is 168 Å². The van der Waals surface area contributed by atoms with Gasteiger partial charge in [0.25, 0.3) is 10.0 Å². The van der Waals surface area contributed by atoms with Gasteiger partial charge in [-0.25, -0.2) is 17.2 Å². The van der Waals surface area contributed by atoms with Gasteiger partial charge in [-0.3, -0.25) is 4.31 Å². The van der Waals surface area contributed by atoms with Gasteiger partial charge >= 0.3 is 0 Å². The Bertz CT molecular complexity index is 1080. The number of ether oxygens (including phenoxy) is 2. The van der Waals surface area contributed by atoms with Crippen molar-refractivity contribution in [2.45, 2.75) is 11.4 Å². The molecule has 0 heterocycles. The van der Waals surface area contributed by atoms with Crippen LogP contribution in [0.3, 0.4) is 0 Å².